The van der Waals surface area contributed by atoms with E-state index in [-0.39, 0.29) is 16.2 Å². The van der Waals surface area contributed by atoms with Crippen LogP contribution >= 0.6 is 0 Å². The molecule has 154 valence electrons. The summed E-state index contributed by atoms with van der Waals surface area (Å²) in [6, 6.07) is 12.7. The maximum Gasteiger partial charge on any atom is 0.417 e. The lowest BCUT2D eigenvalue weighted by Crippen LogP contribution is -2.18. The molecule has 1 heterocycles. The zero-order valence-corrected chi connectivity index (χ0v) is 17.0. The average Bonchev–Trinajstić information content (AvgIpc) is 3.07. The van der Waals surface area contributed by atoms with Gasteiger partial charge in [0, 0.05) is 12.6 Å². The molecule has 3 aromatic rings. The predicted molar refractivity (Wildman–Crippen MR) is 108 cm³/mol. The van der Waals surface area contributed by atoms with Crippen LogP contribution in [0.4, 0.5) is 18.9 Å². The van der Waals surface area contributed by atoms with Crippen molar-refractivity contribution in [3.8, 4) is 11.3 Å². The van der Waals surface area contributed by atoms with Crippen LogP contribution in [0, 0.1) is 6.92 Å². The largest absolute Gasteiger partial charge is 0.417 e. The van der Waals surface area contributed by atoms with Gasteiger partial charge in [0.25, 0.3) is 10.0 Å². The maximum atomic E-state index is 13.6. The zero-order chi connectivity index (χ0) is 21.4. The van der Waals surface area contributed by atoms with Gasteiger partial charge in [-0.3, -0.25) is 0 Å². The van der Waals surface area contributed by atoms with Crippen LogP contribution in [0.1, 0.15) is 23.7 Å². The zero-order valence-electron chi connectivity index (χ0n) is 16.2. The van der Waals surface area contributed by atoms with E-state index in [0.29, 0.717) is 17.8 Å². The van der Waals surface area contributed by atoms with Crippen LogP contribution in [-0.2, 0) is 22.6 Å². The summed E-state index contributed by atoms with van der Waals surface area (Å²) in [5.74, 6) is 0. The summed E-state index contributed by atoms with van der Waals surface area (Å²) in [6.45, 7) is 3.59. The Balaban J connectivity index is 2.37. The van der Waals surface area contributed by atoms with Gasteiger partial charge >= 0.3 is 6.18 Å². The van der Waals surface area contributed by atoms with Gasteiger partial charge in [0.15, 0.2) is 0 Å². The Morgan fingerprint density at radius 1 is 1.03 bits per heavy atom. The Hall–Kier alpha value is -2.74. The molecule has 29 heavy (non-hydrogen) atoms. The SMILES string of the molecule is CCc1c(NC)cc(-c2ccccc2C(F)(F)F)n1S(=O)(=O)c1ccc(C)cc1. The Morgan fingerprint density at radius 2 is 1.66 bits per heavy atom. The van der Waals surface area contributed by atoms with Crippen LogP contribution in [0.15, 0.2) is 59.5 Å². The second-order valence-corrected chi connectivity index (χ2v) is 8.41. The van der Waals surface area contributed by atoms with E-state index in [4.69, 9.17) is 0 Å². The van der Waals surface area contributed by atoms with Crippen molar-refractivity contribution in [3.05, 3.63) is 71.4 Å². The Labute approximate surface area is 168 Å². The van der Waals surface area contributed by atoms with Gasteiger partial charge in [-0.1, -0.05) is 42.8 Å². The van der Waals surface area contributed by atoms with Crippen LogP contribution in [0.25, 0.3) is 11.3 Å². The molecule has 0 saturated carbocycles. The lowest BCUT2D eigenvalue weighted by atomic mass is 10.0. The number of aromatic nitrogens is 1. The smallest absolute Gasteiger partial charge is 0.387 e. The number of alkyl halides is 3. The first-order valence-electron chi connectivity index (χ1n) is 9.02. The van der Waals surface area contributed by atoms with Crippen LogP contribution in [0.2, 0.25) is 0 Å². The first kappa shape index (κ1) is 21.0. The molecule has 0 amide bonds. The van der Waals surface area contributed by atoms with E-state index in [0.717, 1.165) is 15.6 Å². The molecule has 0 aliphatic heterocycles. The minimum atomic E-state index is -4.62. The predicted octanol–water partition coefficient (Wildman–Crippen LogP) is 5.32. The van der Waals surface area contributed by atoms with Gasteiger partial charge in [0.05, 0.1) is 27.5 Å². The quantitative estimate of drug-likeness (QED) is 0.605. The summed E-state index contributed by atoms with van der Waals surface area (Å²) in [5, 5.41) is 2.90. The minimum Gasteiger partial charge on any atom is -0.387 e. The van der Waals surface area contributed by atoms with Crippen molar-refractivity contribution in [2.24, 2.45) is 0 Å². The molecule has 1 N–H and O–H groups in total. The number of hydrogen-bond acceptors (Lipinski definition) is 3. The third-order valence-electron chi connectivity index (χ3n) is 4.73. The number of nitrogens with one attached hydrogen (secondary N) is 1. The highest BCUT2D eigenvalue weighted by Crippen LogP contribution is 2.40. The van der Waals surface area contributed by atoms with Crippen molar-refractivity contribution < 1.29 is 21.6 Å². The van der Waals surface area contributed by atoms with Crippen LogP contribution < -0.4 is 5.32 Å². The molecule has 1 aromatic heterocycles. The minimum absolute atomic E-state index is 0.0155. The van der Waals surface area contributed by atoms with E-state index in [9.17, 15) is 21.6 Å². The first-order valence-corrected chi connectivity index (χ1v) is 10.5. The number of rotatable bonds is 5. The lowest BCUT2D eigenvalue weighted by Gasteiger charge is -2.17. The van der Waals surface area contributed by atoms with E-state index in [1.165, 1.54) is 36.4 Å². The normalized spacial score (nSPS) is 12.2. The molecule has 0 atom stereocenters. The summed E-state index contributed by atoms with van der Waals surface area (Å²) >= 11 is 0. The number of aryl methyl sites for hydroxylation is 1. The Kier molecular flexibility index (Phi) is 5.49. The second-order valence-electron chi connectivity index (χ2n) is 6.62. The molecular weight excluding hydrogens is 401 g/mol. The summed E-state index contributed by atoms with van der Waals surface area (Å²) in [4.78, 5) is 0.0155. The summed E-state index contributed by atoms with van der Waals surface area (Å²) in [6.07, 6.45) is -4.30. The fourth-order valence-electron chi connectivity index (χ4n) is 3.31. The van der Waals surface area contributed by atoms with Gasteiger partial charge < -0.3 is 5.32 Å². The molecule has 0 fully saturated rings. The molecule has 0 aliphatic carbocycles. The molecule has 0 unspecified atom stereocenters. The summed E-state index contributed by atoms with van der Waals surface area (Å²) < 4.78 is 68.8. The van der Waals surface area contributed by atoms with Crippen molar-refractivity contribution in [1.29, 1.82) is 0 Å². The van der Waals surface area contributed by atoms with Crippen LogP contribution in [-0.4, -0.2) is 19.4 Å². The van der Waals surface area contributed by atoms with Crippen molar-refractivity contribution >= 4 is 15.7 Å². The molecule has 2 aromatic carbocycles. The topological polar surface area (TPSA) is 51.1 Å². The van der Waals surface area contributed by atoms with E-state index < -0.39 is 21.8 Å². The van der Waals surface area contributed by atoms with Crippen LogP contribution in [0.3, 0.4) is 0 Å². The number of halogens is 3. The highest BCUT2D eigenvalue weighted by Gasteiger charge is 2.36. The number of benzene rings is 2. The Morgan fingerprint density at radius 3 is 2.21 bits per heavy atom. The van der Waals surface area contributed by atoms with Gasteiger partial charge in [-0.15, -0.1) is 0 Å². The monoisotopic (exact) mass is 422 g/mol. The van der Waals surface area contributed by atoms with Gasteiger partial charge in [0.2, 0.25) is 0 Å². The van der Waals surface area contributed by atoms with Crippen molar-refractivity contribution in [2.75, 3.05) is 12.4 Å². The first-order chi connectivity index (χ1) is 13.6. The molecule has 3 rings (SSSR count). The summed E-state index contributed by atoms with van der Waals surface area (Å²) in [7, 11) is -2.51. The highest BCUT2D eigenvalue weighted by atomic mass is 32.2. The van der Waals surface area contributed by atoms with Crippen LogP contribution in [0.5, 0.6) is 0 Å². The molecule has 0 saturated heterocycles. The Bertz CT molecular complexity index is 1130. The molecule has 0 bridgehead atoms. The summed E-state index contributed by atoms with van der Waals surface area (Å²) in [5.41, 5.74) is 0.635. The average molecular weight is 422 g/mol. The molecule has 8 heteroatoms. The highest BCUT2D eigenvalue weighted by molar-refractivity contribution is 7.90. The molecular formula is C21H21F3N2O2S. The van der Waals surface area contributed by atoms with Crippen molar-refractivity contribution in [2.45, 2.75) is 31.3 Å². The van der Waals surface area contributed by atoms with Crippen molar-refractivity contribution in [1.82, 2.24) is 3.97 Å². The van der Waals surface area contributed by atoms with E-state index in [2.05, 4.69) is 5.32 Å². The van der Waals surface area contributed by atoms with Gasteiger partial charge in [-0.2, -0.15) is 13.2 Å². The van der Waals surface area contributed by atoms with Gasteiger partial charge in [-0.05, 0) is 37.6 Å². The number of anilines is 1. The van der Waals surface area contributed by atoms with Crippen molar-refractivity contribution in [3.63, 3.8) is 0 Å². The number of hydrogen-bond donors (Lipinski definition) is 1. The standard InChI is InChI=1S/C21H21F3N2O2S/c1-4-19-18(25-3)13-20(16-7-5-6-8-17(16)21(22,23)24)26(19)29(27,28)15-11-9-14(2)10-12-15/h5-13,25H,4H2,1-3H3. The fourth-order valence-corrected chi connectivity index (χ4v) is 4.93. The molecule has 0 aliphatic rings. The maximum absolute atomic E-state index is 13.6. The van der Waals surface area contributed by atoms with E-state index in [1.54, 1.807) is 26.1 Å². The third-order valence-corrected chi connectivity index (χ3v) is 6.49. The fraction of sp³-hybridized carbons (Fsp3) is 0.238. The van der Waals surface area contributed by atoms with Gasteiger partial charge in [0.1, 0.15) is 0 Å². The van der Waals surface area contributed by atoms with E-state index in [1.807, 2.05) is 6.92 Å². The number of nitrogens with zero attached hydrogens (tertiary/aromatic N) is 1. The molecule has 0 spiro atoms. The third kappa shape index (κ3) is 3.76. The van der Waals surface area contributed by atoms with Gasteiger partial charge in [-0.25, -0.2) is 12.4 Å². The molecule has 4 nitrogen and oxygen atoms in total. The van der Waals surface area contributed by atoms with E-state index >= 15 is 0 Å². The second kappa shape index (κ2) is 7.59. The molecule has 0 radical (unpaired) electrons. The lowest BCUT2D eigenvalue weighted by molar-refractivity contribution is -0.137.